The van der Waals surface area contributed by atoms with Gasteiger partial charge in [-0.3, -0.25) is 9.36 Å². The van der Waals surface area contributed by atoms with Crippen molar-refractivity contribution in [3.63, 3.8) is 0 Å². The normalized spacial score (nSPS) is 17.3. The Morgan fingerprint density at radius 3 is 2.74 bits per heavy atom. The van der Waals surface area contributed by atoms with Crippen molar-refractivity contribution in [2.75, 3.05) is 13.2 Å². The summed E-state index contributed by atoms with van der Waals surface area (Å²) in [4.78, 5) is 26.6. The van der Waals surface area contributed by atoms with Crippen LogP contribution in [0.1, 0.15) is 25.1 Å². The monoisotopic (exact) mass is 493 g/mol. The number of epoxide rings is 1. The molecule has 2 aliphatic rings. The van der Waals surface area contributed by atoms with Crippen molar-refractivity contribution in [2.24, 2.45) is 0 Å². The van der Waals surface area contributed by atoms with Crippen LogP contribution in [-0.2, 0) is 10.2 Å². The van der Waals surface area contributed by atoms with Crippen LogP contribution in [0.5, 0.6) is 11.5 Å². The van der Waals surface area contributed by atoms with Gasteiger partial charge in [0.1, 0.15) is 40.1 Å². The van der Waals surface area contributed by atoms with Gasteiger partial charge in [0.05, 0.1) is 12.3 Å². The van der Waals surface area contributed by atoms with Crippen LogP contribution in [-0.4, -0.2) is 29.0 Å². The van der Waals surface area contributed by atoms with Crippen molar-refractivity contribution in [1.82, 2.24) is 4.57 Å². The van der Waals surface area contributed by atoms with Crippen LogP contribution in [0.4, 0.5) is 4.39 Å². The van der Waals surface area contributed by atoms with Gasteiger partial charge >= 0.3 is 5.63 Å². The molecule has 6 rings (SSSR count). The van der Waals surface area contributed by atoms with Crippen LogP contribution >= 0.6 is 11.8 Å². The topological polar surface area (TPSA) is 94.2 Å². The number of halogens is 1. The molecule has 0 saturated carbocycles. The van der Waals surface area contributed by atoms with E-state index in [1.165, 1.54) is 22.8 Å². The zero-order valence-electron chi connectivity index (χ0n) is 18.8. The van der Waals surface area contributed by atoms with Gasteiger partial charge < -0.3 is 19.0 Å². The molecule has 2 aliphatic heterocycles. The second kappa shape index (κ2) is 7.73. The van der Waals surface area contributed by atoms with Gasteiger partial charge in [0.2, 0.25) is 0 Å². The van der Waals surface area contributed by atoms with Crippen molar-refractivity contribution in [3.8, 4) is 17.2 Å². The van der Waals surface area contributed by atoms with Crippen LogP contribution in [0.3, 0.4) is 0 Å². The third-order valence-electron chi connectivity index (χ3n) is 6.39. The van der Waals surface area contributed by atoms with Crippen LogP contribution in [0.15, 0.2) is 72.3 Å². The fraction of sp³-hybridized carbons (Fsp3) is 0.231. The summed E-state index contributed by atoms with van der Waals surface area (Å²) < 4.78 is 31.7. The molecule has 1 saturated heterocycles. The molecule has 35 heavy (non-hydrogen) atoms. The highest BCUT2D eigenvalue weighted by Gasteiger charge is 2.38. The second-order valence-corrected chi connectivity index (χ2v) is 10.2. The van der Waals surface area contributed by atoms with Gasteiger partial charge in [0, 0.05) is 22.1 Å². The van der Waals surface area contributed by atoms with Gasteiger partial charge in [-0.15, -0.1) is 0 Å². The lowest BCUT2D eigenvalue weighted by atomic mass is 9.83. The highest BCUT2D eigenvalue weighted by atomic mass is 32.2. The summed E-state index contributed by atoms with van der Waals surface area (Å²) in [6, 6.07) is 12.7. The smallest absolute Gasteiger partial charge is 0.354 e. The number of aromatic nitrogens is 1. The Kier molecular flexibility index (Phi) is 4.84. The molecule has 2 aromatic heterocycles. The Hall–Kier alpha value is -3.56. The highest BCUT2D eigenvalue weighted by Crippen LogP contribution is 2.45. The highest BCUT2D eigenvalue weighted by molar-refractivity contribution is 7.99. The molecule has 1 fully saturated rings. The molecule has 0 radical (unpaired) electrons. The molecule has 2 aromatic carbocycles. The molecule has 4 aromatic rings. The molecule has 1 unspecified atom stereocenters. The Bertz CT molecular complexity index is 1640. The summed E-state index contributed by atoms with van der Waals surface area (Å²) in [5.74, 6) is -0.299. The molecular formula is C26H20FNO6S. The molecule has 1 N–H and O–H groups in total. The fourth-order valence-corrected chi connectivity index (χ4v) is 5.35. The first-order chi connectivity index (χ1) is 16.7. The zero-order chi connectivity index (χ0) is 24.5. The molecule has 9 heteroatoms. The number of aromatic hydroxyl groups is 1. The van der Waals surface area contributed by atoms with E-state index in [9.17, 15) is 19.1 Å². The molecule has 4 heterocycles. The Balaban J connectivity index is 1.51. The number of nitrogens with zero attached hydrogens (tertiary/aromatic N) is 1. The molecule has 7 nitrogen and oxygen atoms in total. The van der Waals surface area contributed by atoms with Gasteiger partial charge in [-0.2, -0.15) is 0 Å². The second-order valence-electron chi connectivity index (χ2n) is 9.11. The van der Waals surface area contributed by atoms with Crippen molar-refractivity contribution < 1.29 is 23.4 Å². The predicted molar refractivity (Wildman–Crippen MR) is 128 cm³/mol. The van der Waals surface area contributed by atoms with Crippen molar-refractivity contribution in [3.05, 3.63) is 86.4 Å². The number of benzene rings is 2. The van der Waals surface area contributed by atoms with Gasteiger partial charge in [-0.25, -0.2) is 9.18 Å². The first kappa shape index (κ1) is 21.9. The van der Waals surface area contributed by atoms with Crippen molar-refractivity contribution in [1.29, 1.82) is 0 Å². The number of ether oxygens (including phenoxy) is 2. The lowest BCUT2D eigenvalue weighted by molar-refractivity contribution is 0.262. The Labute approximate surface area is 202 Å². The zero-order valence-corrected chi connectivity index (χ0v) is 19.6. The number of hydrogen-bond acceptors (Lipinski definition) is 7. The SMILES string of the molecule is CC1(C)c2cc(OCC3CO3)ccc2-n2c1cc1oc(=O)c(Sc3cccc(F)c3)c(O)c1c2=O. The van der Waals surface area contributed by atoms with Gasteiger partial charge in [-0.05, 0) is 42.0 Å². The van der Waals surface area contributed by atoms with Gasteiger partial charge in [0.15, 0.2) is 5.75 Å². The van der Waals surface area contributed by atoms with E-state index in [1.54, 1.807) is 18.2 Å². The average molecular weight is 494 g/mol. The van der Waals surface area contributed by atoms with Crippen LogP contribution in [0, 0.1) is 5.82 Å². The van der Waals surface area contributed by atoms with Crippen molar-refractivity contribution >= 4 is 22.7 Å². The minimum absolute atomic E-state index is 0.00409. The van der Waals surface area contributed by atoms with E-state index in [0.717, 1.165) is 17.3 Å². The van der Waals surface area contributed by atoms with Crippen LogP contribution in [0.2, 0.25) is 0 Å². The quantitative estimate of drug-likeness (QED) is 0.413. The summed E-state index contributed by atoms with van der Waals surface area (Å²) >= 11 is 0.841. The van der Waals surface area contributed by atoms with E-state index >= 15 is 0 Å². The van der Waals surface area contributed by atoms with E-state index in [2.05, 4.69) is 0 Å². The van der Waals surface area contributed by atoms with E-state index in [1.807, 2.05) is 26.0 Å². The standard InChI is InChI=1S/C26H20FNO6S/c1-26(2)17-9-14(32-11-15-12-33-15)6-7-18(17)28-20(26)10-19-21(24(28)30)22(29)23(25(31)34-19)35-16-5-3-4-13(27)8-16/h3-10,15,29H,11-12H2,1-2H3. The Morgan fingerprint density at radius 1 is 1.20 bits per heavy atom. The maximum absolute atomic E-state index is 13.7. The molecule has 1 atom stereocenters. The predicted octanol–water partition coefficient (Wildman–Crippen LogP) is 4.36. The Morgan fingerprint density at radius 2 is 2.00 bits per heavy atom. The number of pyridine rings is 1. The molecule has 178 valence electrons. The van der Waals surface area contributed by atoms with E-state index in [4.69, 9.17) is 13.9 Å². The lowest BCUT2D eigenvalue weighted by Crippen LogP contribution is -2.24. The third kappa shape index (κ3) is 3.54. The van der Waals surface area contributed by atoms with Crippen molar-refractivity contribution in [2.45, 2.75) is 35.2 Å². The summed E-state index contributed by atoms with van der Waals surface area (Å²) in [6.07, 6.45) is 0.117. The summed E-state index contributed by atoms with van der Waals surface area (Å²) in [6.45, 7) is 5.09. The van der Waals surface area contributed by atoms with Gasteiger partial charge in [-0.1, -0.05) is 31.7 Å². The minimum atomic E-state index is -0.806. The first-order valence-electron chi connectivity index (χ1n) is 11.0. The number of hydrogen-bond donors (Lipinski definition) is 1. The van der Waals surface area contributed by atoms with Crippen LogP contribution in [0.25, 0.3) is 16.7 Å². The molecule has 0 aliphatic carbocycles. The summed E-state index contributed by atoms with van der Waals surface area (Å²) in [5, 5.41) is 10.9. The lowest BCUT2D eigenvalue weighted by Gasteiger charge is -2.20. The molecule has 0 bridgehead atoms. The largest absolute Gasteiger partial charge is 0.505 e. The average Bonchev–Trinajstić information content (AvgIpc) is 3.61. The summed E-state index contributed by atoms with van der Waals surface area (Å²) in [5.41, 5.74) is 0.247. The minimum Gasteiger partial charge on any atom is -0.505 e. The van der Waals surface area contributed by atoms with Crippen LogP contribution < -0.4 is 15.9 Å². The van der Waals surface area contributed by atoms with E-state index < -0.39 is 28.2 Å². The maximum Gasteiger partial charge on any atom is 0.354 e. The van der Waals surface area contributed by atoms with E-state index in [-0.39, 0.29) is 22.0 Å². The first-order valence-corrected chi connectivity index (χ1v) is 11.8. The third-order valence-corrected chi connectivity index (χ3v) is 7.44. The molecule has 0 spiro atoms. The van der Waals surface area contributed by atoms with Gasteiger partial charge in [0.25, 0.3) is 5.56 Å². The van der Waals surface area contributed by atoms with E-state index in [0.29, 0.717) is 35.2 Å². The number of rotatable bonds is 5. The number of fused-ring (bicyclic) bond motifs is 4. The maximum atomic E-state index is 13.7. The molecule has 0 amide bonds. The summed E-state index contributed by atoms with van der Waals surface area (Å²) in [7, 11) is 0. The molecular weight excluding hydrogens is 473 g/mol. The fourth-order valence-electron chi connectivity index (χ4n) is 4.47.